The number of nitrogens with zero attached hydrogens (tertiary/aromatic N) is 3. The van der Waals surface area contributed by atoms with Gasteiger partial charge in [-0.25, -0.2) is 5.84 Å². The second kappa shape index (κ2) is 4.84. The van der Waals surface area contributed by atoms with E-state index in [2.05, 4.69) is 20.5 Å². The van der Waals surface area contributed by atoms with Crippen molar-refractivity contribution in [1.29, 1.82) is 0 Å². The Hall–Kier alpha value is -0.760. The summed E-state index contributed by atoms with van der Waals surface area (Å²) in [6.07, 6.45) is 1.75. The fraction of sp³-hybridized carbons (Fsp3) is 0.750. The maximum Gasteiger partial charge on any atom is 0.219 e. The molecule has 0 spiro atoms. The third-order valence-electron chi connectivity index (χ3n) is 2.43. The highest BCUT2D eigenvalue weighted by Gasteiger charge is 2.18. The van der Waals surface area contributed by atoms with Gasteiger partial charge < -0.3 is 5.11 Å². The molecule has 1 fully saturated rings. The summed E-state index contributed by atoms with van der Waals surface area (Å²) in [7, 11) is 0. The lowest BCUT2D eigenvalue weighted by Crippen LogP contribution is -2.37. The quantitative estimate of drug-likeness (QED) is 0.490. The smallest absolute Gasteiger partial charge is 0.219 e. The van der Waals surface area contributed by atoms with Crippen molar-refractivity contribution >= 4 is 16.5 Å². The summed E-state index contributed by atoms with van der Waals surface area (Å²) in [5.41, 5.74) is 2.47. The van der Waals surface area contributed by atoms with Crippen molar-refractivity contribution in [2.75, 3.05) is 18.5 Å². The first-order valence-electron chi connectivity index (χ1n) is 4.97. The van der Waals surface area contributed by atoms with E-state index in [0.717, 1.165) is 37.5 Å². The molecule has 1 unspecified atom stereocenters. The number of hydrogen-bond acceptors (Lipinski definition) is 7. The topological polar surface area (TPSA) is 87.3 Å². The zero-order valence-corrected chi connectivity index (χ0v) is 9.20. The Balaban J connectivity index is 1.90. The number of likely N-dealkylation sites (tertiary alicyclic amines) is 1. The first-order chi connectivity index (χ1) is 7.28. The Morgan fingerprint density at radius 1 is 1.60 bits per heavy atom. The van der Waals surface area contributed by atoms with Gasteiger partial charge in [0.2, 0.25) is 5.13 Å². The molecule has 6 nitrogen and oxygen atoms in total. The van der Waals surface area contributed by atoms with Crippen LogP contribution in [0.1, 0.15) is 17.8 Å². The number of nitrogens with two attached hydrogens (primary N) is 1. The van der Waals surface area contributed by atoms with Gasteiger partial charge in [-0.15, -0.1) is 10.2 Å². The Labute approximate surface area is 92.1 Å². The first-order valence-corrected chi connectivity index (χ1v) is 5.79. The average Bonchev–Trinajstić information content (AvgIpc) is 2.65. The largest absolute Gasteiger partial charge is 0.392 e. The molecule has 0 aromatic carbocycles. The maximum atomic E-state index is 9.50. The van der Waals surface area contributed by atoms with Crippen LogP contribution in [0.2, 0.25) is 0 Å². The van der Waals surface area contributed by atoms with E-state index < -0.39 is 0 Å². The molecule has 1 aliphatic rings. The Kier molecular flexibility index (Phi) is 3.47. The molecule has 0 aliphatic carbocycles. The molecule has 2 heterocycles. The number of aliphatic hydroxyl groups excluding tert-OH is 1. The van der Waals surface area contributed by atoms with Gasteiger partial charge in [-0.1, -0.05) is 11.3 Å². The van der Waals surface area contributed by atoms with Gasteiger partial charge in [-0.2, -0.15) is 0 Å². The average molecular weight is 229 g/mol. The summed E-state index contributed by atoms with van der Waals surface area (Å²) < 4.78 is 0. The number of hydrogen-bond donors (Lipinski definition) is 3. The molecule has 0 bridgehead atoms. The van der Waals surface area contributed by atoms with Crippen molar-refractivity contribution in [3.63, 3.8) is 0 Å². The van der Waals surface area contributed by atoms with E-state index in [-0.39, 0.29) is 6.10 Å². The minimum atomic E-state index is -0.196. The third kappa shape index (κ3) is 2.85. The predicted molar refractivity (Wildman–Crippen MR) is 58.2 cm³/mol. The van der Waals surface area contributed by atoms with E-state index >= 15 is 0 Å². The Morgan fingerprint density at radius 2 is 2.47 bits per heavy atom. The zero-order chi connectivity index (χ0) is 10.7. The zero-order valence-electron chi connectivity index (χ0n) is 8.39. The van der Waals surface area contributed by atoms with E-state index in [9.17, 15) is 5.11 Å². The molecule has 1 atom stereocenters. The fourth-order valence-electron chi connectivity index (χ4n) is 1.74. The number of rotatable bonds is 3. The summed E-state index contributed by atoms with van der Waals surface area (Å²) in [5.74, 6) is 5.22. The maximum absolute atomic E-state index is 9.50. The lowest BCUT2D eigenvalue weighted by molar-refractivity contribution is 0.0667. The van der Waals surface area contributed by atoms with Crippen molar-refractivity contribution in [3.8, 4) is 0 Å². The second-order valence-corrected chi connectivity index (χ2v) is 4.74. The van der Waals surface area contributed by atoms with Gasteiger partial charge >= 0.3 is 0 Å². The molecular weight excluding hydrogens is 214 g/mol. The molecule has 0 radical (unpaired) electrons. The minimum Gasteiger partial charge on any atom is -0.392 e. The summed E-state index contributed by atoms with van der Waals surface area (Å²) >= 11 is 1.45. The van der Waals surface area contributed by atoms with Crippen LogP contribution >= 0.6 is 11.3 Å². The van der Waals surface area contributed by atoms with Crippen molar-refractivity contribution in [1.82, 2.24) is 15.1 Å². The van der Waals surface area contributed by atoms with Crippen LogP contribution in [0, 0.1) is 0 Å². The van der Waals surface area contributed by atoms with Gasteiger partial charge in [0.05, 0.1) is 12.6 Å². The molecule has 1 aromatic heterocycles. The Morgan fingerprint density at radius 3 is 3.13 bits per heavy atom. The fourth-order valence-corrected chi connectivity index (χ4v) is 2.43. The number of piperidine rings is 1. The number of nitrogens with one attached hydrogen (secondary N) is 1. The highest BCUT2D eigenvalue weighted by atomic mass is 32.1. The second-order valence-electron chi connectivity index (χ2n) is 3.68. The lowest BCUT2D eigenvalue weighted by atomic mass is 10.1. The van der Waals surface area contributed by atoms with Crippen LogP contribution in [-0.4, -0.2) is 39.4 Å². The molecule has 7 heteroatoms. The van der Waals surface area contributed by atoms with E-state index in [1.165, 1.54) is 11.3 Å². The lowest BCUT2D eigenvalue weighted by Gasteiger charge is -2.28. The molecule has 1 saturated heterocycles. The third-order valence-corrected chi connectivity index (χ3v) is 3.27. The van der Waals surface area contributed by atoms with Crippen LogP contribution < -0.4 is 11.3 Å². The van der Waals surface area contributed by atoms with Crippen molar-refractivity contribution in [2.24, 2.45) is 5.84 Å². The number of hydrazine groups is 1. The van der Waals surface area contributed by atoms with E-state index in [1.54, 1.807) is 0 Å². The molecule has 1 aliphatic heterocycles. The monoisotopic (exact) mass is 229 g/mol. The first kappa shape index (κ1) is 10.7. The molecule has 4 N–H and O–H groups in total. The summed E-state index contributed by atoms with van der Waals surface area (Å²) in [4.78, 5) is 2.19. The van der Waals surface area contributed by atoms with E-state index in [1.807, 2.05) is 0 Å². The van der Waals surface area contributed by atoms with Gasteiger partial charge in [-0.05, 0) is 19.4 Å². The van der Waals surface area contributed by atoms with Gasteiger partial charge in [0.1, 0.15) is 5.01 Å². The van der Waals surface area contributed by atoms with Gasteiger partial charge in [0, 0.05) is 6.54 Å². The number of β-amino-alcohol motifs (C(OH)–C–C–N with tert-alkyl or cyclic N) is 1. The van der Waals surface area contributed by atoms with Crippen LogP contribution in [0.4, 0.5) is 5.13 Å². The summed E-state index contributed by atoms with van der Waals surface area (Å²) in [6.45, 7) is 2.49. The molecule has 0 saturated carbocycles. The van der Waals surface area contributed by atoms with Gasteiger partial charge in [0.15, 0.2) is 0 Å². The highest BCUT2D eigenvalue weighted by molar-refractivity contribution is 7.15. The van der Waals surface area contributed by atoms with Crippen LogP contribution in [-0.2, 0) is 6.54 Å². The van der Waals surface area contributed by atoms with Gasteiger partial charge in [-0.3, -0.25) is 10.3 Å². The standard InChI is InChI=1S/C8H15N5OS/c9-10-8-12-11-7(15-8)5-13-3-1-2-6(14)4-13/h6,14H,1-5,9H2,(H,10,12). The molecule has 0 amide bonds. The molecule has 15 heavy (non-hydrogen) atoms. The predicted octanol–water partition coefficient (Wildman–Crippen LogP) is -0.220. The summed E-state index contributed by atoms with van der Waals surface area (Å²) in [5, 5.41) is 18.9. The number of aliphatic hydroxyl groups is 1. The van der Waals surface area contributed by atoms with Crippen LogP contribution in [0.25, 0.3) is 0 Å². The normalized spacial score (nSPS) is 22.9. The number of anilines is 1. The molecule has 2 rings (SSSR count). The van der Waals surface area contributed by atoms with Crippen molar-refractivity contribution < 1.29 is 5.11 Å². The van der Waals surface area contributed by atoms with Crippen LogP contribution in [0.5, 0.6) is 0 Å². The van der Waals surface area contributed by atoms with Crippen molar-refractivity contribution in [3.05, 3.63) is 5.01 Å². The minimum absolute atomic E-state index is 0.196. The van der Waals surface area contributed by atoms with Crippen molar-refractivity contribution in [2.45, 2.75) is 25.5 Å². The highest BCUT2D eigenvalue weighted by Crippen LogP contribution is 2.18. The van der Waals surface area contributed by atoms with E-state index in [4.69, 9.17) is 5.84 Å². The SMILES string of the molecule is NNc1nnc(CN2CCCC(O)C2)s1. The molecule has 84 valence electrons. The van der Waals surface area contributed by atoms with E-state index in [0.29, 0.717) is 5.13 Å². The van der Waals surface area contributed by atoms with Crippen LogP contribution in [0.3, 0.4) is 0 Å². The number of aromatic nitrogens is 2. The van der Waals surface area contributed by atoms with Gasteiger partial charge in [0.25, 0.3) is 0 Å². The Bertz CT molecular complexity index is 318. The number of nitrogen functional groups attached to an aromatic ring is 1. The molecular formula is C8H15N5OS. The molecule has 1 aromatic rings. The van der Waals surface area contributed by atoms with Crippen LogP contribution in [0.15, 0.2) is 0 Å². The summed E-state index contributed by atoms with van der Waals surface area (Å²) in [6, 6.07) is 0.